The van der Waals surface area contributed by atoms with Crippen LogP contribution in [0.4, 0.5) is 0 Å². The molecule has 0 aromatic rings. The van der Waals surface area contributed by atoms with E-state index in [1.165, 1.54) is 38.5 Å². The van der Waals surface area contributed by atoms with Gasteiger partial charge in [0.1, 0.15) is 0 Å². The van der Waals surface area contributed by atoms with Crippen molar-refractivity contribution in [1.82, 2.24) is 5.32 Å². The standard InChI is InChI=1S/C11H27N3.ClH/c12-8-5-3-1-2-4-6-10-14-11-7-9-13;/h14H,1-13H2;1H. The van der Waals surface area contributed by atoms with Crippen LogP contribution in [0.15, 0.2) is 0 Å². The molecule has 3 nitrogen and oxygen atoms in total. The molecule has 0 atom stereocenters. The molecule has 0 aliphatic carbocycles. The Morgan fingerprint density at radius 3 is 1.67 bits per heavy atom. The summed E-state index contributed by atoms with van der Waals surface area (Å²) in [4.78, 5) is 0. The van der Waals surface area contributed by atoms with Gasteiger partial charge in [-0.1, -0.05) is 25.7 Å². The van der Waals surface area contributed by atoms with E-state index in [0.29, 0.717) is 0 Å². The lowest BCUT2D eigenvalue weighted by Crippen LogP contribution is -2.19. The number of nitrogens with two attached hydrogens (primary N) is 2. The summed E-state index contributed by atoms with van der Waals surface area (Å²) in [6, 6.07) is 0. The van der Waals surface area contributed by atoms with Crippen molar-refractivity contribution in [2.45, 2.75) is 44.9 Å². The number of hydrogen-bond acceptors (Lipinski definition) is 3. The highest BCUT2D eigenvalue weighted by Crippen LogP contribution is 2.03. The molecule has 5 N–H and O–H groups in total. The van der Waals surface area contributed by atoms with Crippen molar-refractivity contribution in [3.05, 3.63) is 0 Å². The van der Waals surface area contributed by atoms with Gasteiger partial charge in [0, 0.05) is 0 Å². The molecule has 0 aliphatic rings. The number of nitrogens with one attached hydrogen (secondary N) is 1. The first-order valence-corrected chi connectivity index (χ1v) is 6.02. The van der Waals surface area contributed by atoms with E-state index in [0.717, 1.165) is 32.6 Å². The van der Waals surface area contributed by atoms with Crippen LogP contribution in [0, 0.1) is 0 Å². The van der Waals surface area contributed by atoms with E-state index < -0.39 is 0 Å². The van der Waals surface area contributed by atoms with Crippen molar-refractivity contribution >= 4 is 12.4 Å². The first-order valence-electron chi connectivity index (χ1n) is 6.02. The second-order valence-corrected chi connectivity index (χ2v) is 3.80. The Morgan fingerprint density at radius 2 is 1.07 bits per heavy atom. The third-order valence-electron chi connectivity index (χ3n) is 2.37. The van der Waals surface area contributed by atoms with Crippen molar-refractivity contribution < 1.29 is 0 Å². The van der Waals surface area contributed by atoms with Crippen LogP contribution in [0.1, 0.15) is 44.9 Å². The third kappa shape index (κ3) is 16.8. The Bertz CT molecular complexity index is 89.8. The molecule has 0 fully saturated rings. The summed E-state index contributed by atoms with van der Waals surface area (Å²) in [7, 11) is 0. The molecule has 4 heteroatoms. The predicted octanol–water partition coefficient (Wildman–Crippen LogP) is 1.65. The zero-order valence-corrected chi connectivity index (χ0v) is 10.7. The molecular weight excluding hydrogens is 210 g/mol. The molecule has 0 amide bonds. The first-order chi connectivity index (χ1) is 6.91. The molecule has 0 aromatic carbocycles. The highest BCUT2D eigenvalue weighted by atomic mass is 35.5. The molecule has 15 heavy (non-hydrogen) atoms. The second kappa shape index (κ2) is 16.6. The Hall–Kier alpha value is 0.170. The maximum atomic E-state index is 5.42. The Morgan fingerprint density at radius 1 is 0.600 bits per heavy atom. The van der Waals surface area contributed by atoms with Crippen molar-refractivity contribution in [3.63, 3.8) is 0 Å². The van der Waals surface area contributed by atoms with Crippen molar-refractivity contribution in [1.29, 1.82) is 0 Å². The molecule has 0 bridgehead atoms. The number of rotatable bonds is 11. The average Bonchev–Trinajstić information content (AvgIpc) is 2.21. The van der Waals surface area contributed by atoms with Crippen LogP contribution >= 0.6 is 12.4 Å². The lowest BCUT2D eigenvalue weighted by Gasteiger charge is -2.03. The van der Waals surface area contributed by atoms with Crippen LogP contribution in [-0.2, 0) is 0 Å². The van der Waals surface area contributed by atoms with Crippen LogP contribution in [-0.4, -0.2) is 26.2 Å². The van der Waals surface area contributed by atoms with Gasteiger partial charge in [-0.3, -0.25) is 0 Å². The van der Waals surface area contributed by atoms with Crippen LogP contribution in [0.3, 0.4) is 0 Å². The Balaban J connectivity index is 0. The fraction of sp³-hybridized carbons (Fsp3) is 1.00. The van der Waals surface area contributed by atoms with Gasteiger partial charge in [-0.25, -0.2) is 0 Å². The smallest absolute Gasteiger partial charge is 0.00369 e. The topological polar surface area (TPSA) is 64.1 Å². The number of hydrogen-bond donors (Lipinski definition) is 3. The van der Waals surface area contributed by atoms with Gasteiger partial charge in [0.25, 0.3) is 0 Å². The molecule has 0 aromatic heterocycles. The van der Waals surface area contributed by atoms with Gasteiger partial charge in [-0.15, -0.1) is 12.4 Å². The number of halogens is 1. The minimum atomic E-state index is 0. The normalized spacial score (nSPS) is 10.0. The molecule has 94 valence electrons. The van der Waals surface area contributed by atoms with E-state index in [9.17, 15) is 0 Å². The van der Waals surface area contributed by atoms with Gasteiger partial charge in [0.15, 0.2) is 0 Å². The molecule has 0 radical (unpaired) electrons. The number of unbranched alkanes of at least 4 members (excludes halogenated alkanes) is 5. The van der Waals surface area contributed by atoms with Gasteiger partial charge in [-0.2, -0.15) is 0 Å². The van der Waals surface area contributed by atoms with Crippen molar-refractivity contribution in [2.75, 3.05) is 26.2 Å². The third-order valence-corrected chi connectivity index (χ3v) is 2.37. The van der Waals surface area contributed by atoms with E-state index in [-0.39, 0.29) is 12.4 Å². The molecule has 0 rings (SSSR count). The largest absolute Gasteiger partial charge is 0.330 e. The molecule has 0 spiro atoms. The Kier molecular flexibility index (Phi) is 19.4. The molecule has 0 heterocycles. The summed E-state index contributed by atoms with van der Waals surface area (Å²) in [5, 5.41) is 3.39. The highest BCUT2D eigenvalue weighted by Gasteiger charge is 1.90. The van der Waals surface area contributed by atoms with Gasteiger partial charge in [0.05, 0.1) is 0 Å². The average molecular weight is 238 g/mol. The monoisotopic (exact) mass is 237 g/mol. The molecule has 0 aliphatic heterocycles. The lowest BCUT2D eigenvalue weighted by atomic mass is 10.1. The molecular formula is C11H28ClN3. The Labute approximate surface area is 101 Å². The van der Waals surface area contributed by atoms with Gasteiger partial charge in [0.2, 0.25) is 0 Å². The van der Waals surface area contributed by atoms with Crippen LogP contribution in [0.2, 0.25) is 0 Å². The summed E-state index contributed by atoms with van der Waals surface area (Å²) >= 11 is 0. The van der Waals surface area contributed by atoms with Gasteiger partial charge < -0.3 is 16.8 Å². The van der Waals surface area contributed by atoms with Crippen molar-refractivity contribution in [2.24, 2.45) is 11.5 Å². The quantitative estimate of drug-likeness (QED) is 0.479. The summed E-state index contributed by atoms with van der Waals surface area (Å²) in [6.07, 6.45) is 8.94. The predicted molar refractivity (Wildman–Crippen MR) is 70.5 cm³/mol. The fourth-order valence-corrected chi connectivity index (χ4v) is 1.45. The van der Waals surface area contributed by atoms with E-state index in [1.807, 2.05) is 0 Å². The van der Waals surface area contributed by atoms with E-state index in [2.05, 4.69) is 5.32 Å². The van der Waals surface area contributed by atoms with Crippen molar-refractivity contribution in [3.8, 4) is 0 Å². The zero-order chi connectivity index (χ0) is 10.5. The van der Waals surface area contributed by atoms with E-state index in [4.69, 9.17) is 11.5 Å². The van der Waals surface area contributed by atoms with Crippen LogP contribution in [0.25, 0.3) is 0 Å². The van der Waals surface area contributed by atoms with Gasteiger partial charge >= 0.3 is 0 Å². The first kappa shape index (κ1) is 17.6. The summed E-state index contributed by atoms with van der Waals surface area (Å²) < 4.78 is 0. The minimum absolute atomic E-state index is 0. The minimum Gasteiger partial charge on any atom is -0.330 e. The highest BCUT2D eigenvalue weighted by molar-refractivity contribution is 5.85. The lowest BCUT2D eigenvalue weighted by molar-refractivity contribution is 0.562. The van der Waals surface area contributed by atoms with Gasteiger partial charge in [-0.05, 0) is 45.4 Å². The molecule has 0 unspecified atom stereocenters. The molecule has 0 saturated heterocycles. The maximum Gasteiger partial charge on any atom is -0.00369 e. The zero-order valence-electron chi connectivity index (χ0n) is 9.84. The SMILES string of the molecule is Cl.NCCCCCCCCNCCCN. The maximum absolute atomic E-state index is 5.42. The van der Waals surface area contributed by atoms with E-state index in [1.54, 1.807) is 0 Å². The van der Waals surface area contributed by atoms with Crippen LogP contribution < -0.4 is 16.8 Å². The summed E-state index contributed by atoms with van der Waals surface area (Å²) in [6.45, 7) is 3.87. The second-order valence-electron chi connectivity index (χ2n) is 3.80. The summed E-state index contributed by atoms with van der Waals surface area (Å²) in [5.74, 6) is 0. The van der Waals surface area contributed by atoms with Crippen LogP contribution in [0.5, 0.6) is 0 Å². The fourth-order valence-electron chi connectivity index (χ4n) is 1.45. The molecule has 0 saturated carbocycles. The van der Waals surface area contributed by atoms with E-state index >= 15 is 0 Å². The summed E-state index contributed by atoms with van der Waals surface area (Å²) in [5.41, 5.74) is 10.8.